The number of aryl methyl sites for hydroxylation is 1. The number of ether oxygens (including phenoxy) is 1. The summed E-state index contributed by atoms with van der Waals surface area (Å²) in [6, 6.07) is 7.04. The van der Waals surface area contributed by atoms with E-state index in [-0.39, 0.29) is 23.7 Å². The lowest BCUT2D eigenvalue weighted by molar-refractivity contribution is -0.0511. The molecule has 5 atom stereocenters. The Morgan fingerprint density at radius 1 is 1.23 bits per heavy atom. The van der Waals surface area contributed by atoms with Crippen LogP contribution in [0.1, 0.15) is 23.4 Å². The van der Waals surface area contributed by atoms with Gasteiger partial charge in [0.2, 0.25) is 5.95 Å². The van der Waals surface area contributed by atoms with E-state index in [9.17, 15) is 25.2 Å². The first-order valence-electron chi connectivity index (χ1n) is 9.46. The second kappa shape index (κ2) is 8.13. The number of benzene rings is 1. The van der Waals surface area contributed by atoms with Gasteiger partial charge in [0.05, 0.1) is 25.6 Å². The number of aliphatic hydroxyl groups excluding tert-OH is 4. The van der Waals surface area contributed by atoms with Crippen molar-refractivity contribution in [3.05, 3.63) is 52.1 Å². The number of anilines is 1. The SMILES string of the molecule is Cc1ccc([C@@H](CO)Nc2nc3c(ncn3[C@@H]3O[C@H](CO)[C@@H](O)[C@H]3O)c(=O)[nH]2)cc1. The number of nitrogens with zero attached hydrogens (tertiary/aromatic N) is 3. The predicted octanol–water partition coefficient (Wildman–Crippen LogP) is -0.815. The molecule has 0 aliphatic carbocycles. The highest BCUT2D eigenvalue weighted by Gasteiger charge is 2.44. The van der Waals surface area contributed by atoms with Crippen molar-refractivity contribution in [1.82, 2.24) is 19.5 Å². The van der Waals surface area contributed by atoms with Crippen molar-refractivity contribution < 1.29 is 25.2 Å². The van der Waals surface area contributed by atoms with Gasteiger partial charge >= 0.3 is 0 Å². The zero-order valence-corrected chi connectivity index (χ0v) is 16.1. The summed E-state index contributed by atoms with van der Waals surface area (Å²) < 4.78 is 6.84. The first-order chi connectivity index (χ1) is 14.4. The van der Waals surface area contributed by atoms with Crippen LogP contribution in [0.3, 0.4) is 0 Å². The number of aliphatic hydroxyl groups is 4. The molecule has 0 unspecified atom stereocenters. The maximum Gasteiger partial charge on any atom is 0.280 e. The van der Waals surface area contributed by atoms with E-state index >= 15 is 0 Å². The zero-order chi connectivity index (χ0) is 21.4. The largest absolute Gasteiger partial charge is 0.394 e. The smallest absolute Gasteiger partial charge is 0.280 e. The number of aromatic amines is 1. The molecule has 0 radical (unpaired) electrons. The molecule has 160 valence electrons. The summed E-state index contributed by atoms with van der Waals surface area (Å²) in [5.74, 6) is 0.0978. The lowest BCUT2D eigenvalue weighted by Crippen LogP contribution is -2.33. The second-order valence-corrected chi connectivity index (χ2v) is 7.26. The molecule has 1 aliphatic rings. The molecule has 11 nitrogen and oxygen atoms in total. The van der Waals surface area contributed by atoms with E-state index in [2.05, 4.69) is 20.3 Å². The lowest BCUT2D eigenvalue weighted by atomic mass is 10.1. The van der Waals surface area contributed by atoms with Crippen molar-refractivity contribution in [3.63, 3.8) is 0 Å². The third-order valence-corrected chi connectivity index (χ3v) is 5.20. The highest BCUT2D eigenvalue weighted by molar-refractivity contribution is 5.71. The summed E-state index contributed by atoms with van der Waals surface area (Å²) in [6.45, 7) is 1.24. The quantitative estimate of drug-likeness (QED) is 0.301. The number of H-pyrrole nitrogens is 1. The molecule has 6 N–H and O–H groups in total. The number of rotatable bonds is 6. The fraction of sp³-hybridized carbons (Fsp3) is 0.421. The average Bonchev–Trinajstić information content (AvgIpc) is 3.28. The van der Waals surface area contributed by atoms with Crippen LogP contribution in [0, 0.1) is 6.92 Å². The molecule has 1 aliphatic heterocycles. The van der Waals surface area contributed by atoms with Gasteiger partial charge in [-0.1, -0.05) is 29.8 Å². The van der Waals surface area contributed by atoms with Crippen molar-refractivity contribution in [2.75, 3.05) is 18.5 Å². The predicted molar refractivity (Wildman–Crippen MR) is 106 cm³/mol. The van der Waals surface area contributed by atoms with E-state index < -0.39 is 42.7 Å². The van der Waals surface area contributed by atoms with E-state index in [0.29, 0.717) is 0 Å². The Morgan fingerprint density at radius 3 is 2.60 bits per heavy atom. The first kappa shape index (κ1) is 20.4. The monoisotopic (exact) mass is 417 g/mol. The first-order valence-corrected chi connectivity index (χ1v) is 9.46. The molecule has 0 bridgehead atoms. The van der Waals surface area contributed by atoms with Crippen LogP contribution < -0.4 is 10.9 Å². The Balaban J connectivity index is 1.68. The summed E-state index contributed by atoms with van der Waals surface area (Å²) in [6.07, 6.45) is -3.40. The Labute approximate surface area is 170 Å². The Morgan fingerprint density at radius 2 is 1.97 bits per heavy atom. The number of hydrogen-bond donors (Lipinski definition) is 6. The fourth-order valence-electron chi connectivity index (χ4n) is 3.49. The fourth-order valence-corrected chi connectivity index (χ4v) is 3.49. The van der Waals surface area contributed by atoms with Crippen molar-refractivity contribution in [3.8, 4) is 0 Å². The molecule has 3 heterocycles. The van der Waals surface area contributed by atoms with Crippen LogP contribution >= 0.6 is 0 Å². The van der Waals surface area contributed by atoms with Crippen molar-refractivity contribution in [2.24, 2.45) is 0 Å². The van der Waals surface area contributed by atoms with Crippen molar-refractivity contribution in [1.29, 1.82) is 0 Å². The summed E-state index contributed by atoms with van der Waals surface area (Å²) in [7, 11) is 0. The highest BCUT2D eigenvalue weighted by atomic mass is 16.6. The van der Waals surface area contributed by atoms with E-state index in [1.165, 1.54) is 10.9 Å². The van der Waals surface area contributed by atoms with Gasteiger partial charge in [-0.3, -0.25) is 14.3 Å². The molecule has 0 amide bonds. The number of aromatic nitrogens is 4. The maximum absolute atomic E-state index is 12.5. The minimum Gasteiger partial charge on any atom is -0.394 e. The van der Waals surface area contributed by atoms with Gasteiger partial charge in [0.1, 0.15) is 18.3 Å². The van der Waals surface area contributed by atoms with E-state index in [4.69, 9.17) is 4.74 Å². The van der Waals surface area contributed by atoms with E-state index in [1.807, 2.05) is 31.2 Å². The highest BCUT2D eigenvalue weighted by Crippen LogP contribution is 2.31. The number of nitrogens with one attached hydrogen (secondary N) is 2. The van der Waals surface area contributed by atoms with Gasteiger partial charge in [-0.15, -0.1) is 0 Å². The zero-order valence-electron chi connectivity index (χ0n) is 16.1. The molecule has 3 aromatic rings. The van der Waals surface area contributed by atoms with Crippen molar-refractivity contribution in [2.45, 2.75) is 37.5 Å². The summed E-state index contributed by atoms with van der Waals surface area (Å²) in [4.78, 5) is 23.5. The Hall–Kier alpha value is -2.83. The van der Waals surface area contributed by atoms with Gasteiger partial charge < -0.3 is 30.5 Å². The number of fused-ring (bicyclic) bond motifs is 1. The van der Waals surface area contributed by atoms with Gasteiger partial charge in [-0.25, -0.2) is 4.98 Å². The molecular weight excluding hydrogens is 394 g/mol. The van der Waals surface area contributed by atoms with Crippen LogP contribution in [0.15, 0.2) is 35.4 Å². The lowest BCUT2D eigenvalue weighted by Gasteiger charge is -2.18. The third-order valence-electron chi connectivity index (χ3n) is 5.20. The molecule has 0 saturated carbocycles. The van der Waals surface area contributed by atoms with Crippen LogP contribution in [0.4, 0.5) is 5.95 Å². The standard InChI is InChI=1S/C19H23N5O6/c1-9-2-4-10(5-3-9)11(6-25)21-19-22-16-13(17(29)23-19)20-8-24(16)18-15(28)14(27)12(7-26)30-18/h2-5,8,11-12,14-15,18,25-28H,6-7H2,1H3,(H2,21,22,23,29)/t11-,12-,14-,15-,18-/m1/s1. The molecule has 1 saturated heterocycles. The molecule has 4 rings (SSSR count). The minimum absolute atomic E-state index is 0.0224. The Bertz CT molecular complexity index is 1080. The molecule has 11 heteroatoms. The number of hydrogen-bond acceptors (Lipinski definition) is 9. The average molecular weight is 417 g/mol. The maximum atomic E-state index is 12.5. The molecule has 1 aromatic carbocycles. The van der Waals surface area contributed by atoms with Gasteiger partial charge in [0.15, 0.2) is 17.4 Å². The molecule has 1 fully saturated rings. The van der Waals surface area contributed by atoms with E-state index in [0.717, 1.165) is 11.1 Å². The molecule has 0 spiro atoms. The van der Waals surface area contributed by atoms with Crippen LogP contribution in [-0.2, 0) is 4.74 Å². The van der Waals surface area contributed by atoms with Gasteiger partial charge in [-0.05, 0) is 12.5 Å². The van der Waals surface area contributed by atoms with Crippen molar-refractivity contribution >= 4 is 17.1 Å². The molecular formula is C19H23N5O6. The summed E-state index contributed by atoms with van der Waals surface area (Å²) >= 11 is 0. The van der Waals surface area contributed by atoms with Gasteiger partial charge in [0.25, 0.3) is 5.56 Å². The molecule has 30 heavy (non-hydrogen) atoms. The van der Waals surface area contributed by atoms with Crippen LogP contribution in [0.25, 0.3) is 11.2 Å². The van der Waals surface area contributed by atoms with Gasteiger partial charge in [0, 0.05) is 0 Å². The van der Waals surface area contributed by atoms with Crippen LogP contribution in [0.2, 0.25) is 0 Å². The third kappa shape index (κ3) is 3.57. The summed E-state index contributed by atoms with van der Waals surface area (Å²) in [5.41, 5.74) is 1.51. The normalized spacial score (nSPS) is 25.0. The van der Waals surface area contributed by atoms with Crippen LogP contribution in [0.5, 0.6) is 0 Å². The Kier molecular flexibility index (Phi) is 5.54. The van der Waals surface area contributed by atoms with E-state index in [1.54, 1.807) is 0 Å². The minimum atomic E-state index is -1.34. The summed E-state index contributed by atoms with van der Waals surface area (Å²) in [5, 5.41) is 42.4. The molecule has 2 aromatic heterocycles. The van der Waals surface area contributed by atoms with Gasteiger partial charge in [-0.2, -0.15) is 4.98 Å². The topological polar surface area (TPSA) is 166 Å². The number of imidazole rings is 1. The van der Waals surface area contributed by atoms with Crippen LogP contribution in [-0.4, -0.2) is 71.5 Å². The second-order valence-electron chi connectivity index (χ2n) is 7.26.